The lowest BCUT2D eigenvalue weighted by Gasteiger charge is -2.25. The van der Waals surface area contributed by atoms with Crippen LogP contribution < -0.4 is 10.6 Å². The summed E-state index contributed by atoms with van der Waals surface area (Å²) in [5.41, 5.74) is 11.5. The molecule has 0 saturated carbocycles. The molecular weight excluding hydrogens is 655 g/mol. The molecule has 1 aliphatic carbocycles. The van der Waals surface area contributed by atoms with Crippen molar-refractivity contribution in [2.24, 2.45) is 0 Å². The van der Waals surface area contributed by atoms with Gasteiger partial charge in [-0.25, -0.2) is 0 Å². The van der Waals surface area contributed by atoms with Gasteiger partial charge in [0.05, 0.1) is 5.52 Å². The van der Waals surface area contributed by atoms with Gasteiger partial charge in [0.15, 0.2) is 0 Å². The van der Waals surface area contributed by atoms with E-state index >= 15 is 0 Å². The molecule has 242 valence electrons. The molecule has 1 unspecified atom stereocenters. The molecule has 10 rings (SSSR count). The Kier molecular flexibility index (Phi) is 7.55. The molecule has 2 aliphatic rings. The summed E-state index contributed by atoms with van der Waals surface area (Å²) in [5.74, 6) is 0.228. The molecule has 7 aromatic carbocycles. The van der Waals surface area contributed by atoms with Crippen molar-refractivity contribution in [1.29, 1.82) is 0 Å². The van der Waals surface area contributed by atoms with E-state index in [1.807, 2.05) is 23.5 Å². The van der Waals surface area contributed by atoms with Gasteiger partial charge >= 0.3 is 0 Å². The quantitative estimate of drug-likeness (QED) is 0.182. The molecule has 1 aromatic heterocycles. The minimum Gasteiger partial charge on any atom is -0.310 e. The Bertz CT molecular complexity index is 2730. The Labute approximate surface area is 306 Å². The zero-order valence-corrected chi connectivity index (χ0v) is 29.5. The number of aromatic nitrogens is 1. The van der Waals surface area contributed by atoms with Crippen molar-refractivity contribution in [3.05, 3.63) is 186 Å². The molecule has 0 bridgehead atoms. The zero-order valence-electron chi connectivity index (χ0n) is 27.9. The van der Waals surface area contributed by atoms with Crippen molar-refractivity contribution >= 4 is 46.6 Å². The van der Waals surface area contributed by atoms with E-state index in [0.717, 1.165) is 6.42 Å². The number of rotatable bonds is 3. The maximum absolute atomic E-state index is 2.54. The van der Waals surface area contributed by atoms with E-state index in [4.69, 9.17) is 0 Å². The van der Waals surface area contributed by atoms with Crippen LogP contribution in [0.3, 0.4) is 0 Å². The number of benzene rings is 7. The highest BCUT2D eigenvalue weighted by atomic mass is 32.2. The lowest BCUT2D eigenvalue weighted by atomic mass is 9.86. The predicted octanol–water partition coefficient (Wildman–Crippen LogP) is 12.0. The summed E-state index contributed by atoms with van der Waals surface area (Å²) in [4.78, 5) is 5.12. The first-order valence-corrected chi connectivity index (χ1v) is 19.2. The SMILES string of the molecule is C1=c2c(n(-c3ccccc3)c3ccccc23)=CCC1c1cccc2c1-c1ccccc1Sc1ccccc1-c1ccc(-c3ccccc3)cc1S2. The summed E-state index contributed by atoms with van der Waals surface area (Å²) in [5, 5.41) is 3.91. The van der Waals surface area contributed by atoms with Crippen molar-refractivity contribution in [1.82, 2.24) is 4.57 Å². The predicted molar refractivity (Wildman–Crippen MR) is 216 cm³/mol. The average Bonchev–Trinajstić information content (AvgIpc) is 3.53. The highest BCUT2D eigenvalue weighted by Gasteiger charge is 2.25. The van der Waals surface area contributed by atoms with Crippen LogP contribution in [0.1, 0.15) is 17.9 Å². The Hall–Kier alpha value is -5.48. The van der Waals surface area contributed by atoms with Crippen LogP contribution in [0.2, 0.25) is 0 Å². The molecule has 3 heteroatoms. The minimum atomic E-state index is 0.228. The fourth-order valence-corrected chi connectivity index (χ4v) is 10.2. The second-order valence-corrected chi connectivity index (χ2v) is 15.4. The van der Waals surface area contributed by atoms with Gasteiger partial charge in [-0.1, -0.05) is 163 Å². The molecule has 1 atom stereocenters. The first kappa shape index (κ1) is 30.4. The molecule has 51 heavy (non-hydrogen) atoms. The molecule has 1 aliphatic heterocycles. The van der Waals surface area contributed by atoms with Crippen LogP contribution >= 0.6 is 23.5 Å². The molecule has 0 radical (unpaired) electrons. The third-order valence-corrected chi connectivity index (χ3v) is 12.5. The fraction of sp³-hybridized carbons (Fsp3) is 0.0417. The summed E-state index contributed by atoms with van der Waals surface area (Å²) >= 11 is 3.79. The molecule has 2 heterocycles. The third kappa shape index (κ3) is 5.28. The van der Waals surface area contributed by atoms with Gasteiger partial charge < -0.3 is 4.57 Å². The van der Waals surface area contributed by atoms with Gasteiger partial charge in [-0.2, -0.15) is 0 Å². The normalized spacial score (nSPS) is 14.5. The molecule has 0 spiro atoms. The lowest BCUT2D eigenvalue weighted by Crippen LogP contribution is -2.31. The maximum atomic E-state index is 2.54. The maximum Gasteiger partial charge on any atom is 0.0540 e. The third-order valence-electron chi connectivity index (χ3n) is 10.2. The van der Waals surface area contributed by atoms with Crippen LogP contribution in [0, 0.1) is 0 Å². The van der Waals surface area contributed by atoms with Crippen LogP contribution in [0.4, 0.5) is 0 Å². The van der Waals surface area contributed by atoms with E-state index in [1.54, 1.807) is 0 Å². The van der Waals surface area contributed by atoms with Gasteiger partial charge in [0, 0.05) is 52.7 Å². The monoisotopic (exact) mass is 687 g/mol. The number of nitrogens with zero attached hydrogens (tertiary/aromatic N) is 1. The standard InChI is InChI=1S/C48H33NS2/c1-3-14-32(15-4-1)33-26-28-39-38-19-8-11-23-44(38)50-45-24-12-9-20-40(45)48-36(21-13-25-46(48)51-47(39)31-33)34-27-29-43-41(30-34)37-18-7-10-22-42(37)49(43)35-16-5-2-6-17-35/h1-26,28-31,34H,27H2. The molecule has 0 saturated heterocycles. The molecular formula is C48H33NS2. The zero-order chi connectivity index (χ0) is 33.7. The number of hydrogen-bond donors (Lipinski definition) is 0. The number of fused-ring (bicyclic) bond motifs is 9. The van der Waals surface area contributed by atoms with Gasteiger partial charge in [0.1, 0.15) is 0 Å². The smallest absolute Gasteiger partial charge is 0.0540 e. The van der Waals surface area contributed by atoms with E-state index in [1.165, 1.54) is 85.7 Å². The molecule has 0 N–H and O–H groups in total. The van der Waals surface area contributed by atoms with Crippen molar-refractivity contribution in [3.8, 4) is 39.1 Å². The molecule has 0 fully saturated rings. The van der Waals surface area contributed by atoms with Gasteiger partial charge in [-0.05, 0) is 82.3 Å². The highest BCUT2D eigenvalue weighted by Crippen LogP contribution is 2.51. The Morgan fingerprint density at radius 2 is 1.14 bits per heavy atom. The fourth-order valence-electron chi connectivity index (χ4n) is 7.89. The van der Waals surface area contributed by atoms with Crippen LogP contribution in [-0.2, 0) is 0 Å². The summed E-state index contributed by atoms with van der Waals surface area (Å²) in [6, 6.07) is 62.3. The summed E-state index contributed by atoms with van der Waals surface area (Å²) in [6.07, 6.45) is 5.95. The van der Waals surface area contributed by atoms with Gasteiger partial charge in [0.2, 0.25) is 0 Å². The Morgan fingerprint density at radius 1 is 0.490 bits per heavy atom. The number of hydrogen-bond acceptors (Lipinski definition) is 2. The van der Waals surface area contributed by atoms with Crippen LogP contribution in [0.5, 0.6) is 0 Å². The first-order chi connectivity index (χ1) is 25.3. The van der Waals surface area contributed by atoms with Gasteiger partial charge in [0.25, 0.3) is 0 Å². The summed E-state index contributed by atoms with van der Waals surface area (Å²) < 4.78 is 2.43. The molecule has 8 aromatic rings. The molecule has 0 amide bonds. The minimum absolute atomic E-state index is 0.228. The van der Waals surface area contributed by atoms with E-state index < -0.39 is 0 Å². The van der Waals surface area contributed by atoms with Gasteiger partial charge in [-0.3, -0.25) is 0 Å². The van der Waals surface area contributed by atoms with E-state index in [0.29, 0.717) is 0 Å². The Morgan fingerprint density at radius 3 is 1.98 bits per heavy atom. The van der Waals surface area contributed by atoms with Crippen molar-refractivity contribution in [2.75, 3.05) is 0 Å². The van der Waals surface area contributed by atoms with Crippen LogP contribution in [0.15, 0.2) is 189 Å². The largest absolute Gasteiger partial charge is 0.310 e. The average molecular weight is 688 g/mol. The van der Waals surface area contributed by atoms with E-state index in [2.05, 4.69) is 187 Å². The topological polar surface area (TPSA) is 4.93 Å². The number of para-hydroxylation sites is 2. The highest BCUT2D eigenvalue weighted by molar-refractivity contribution is 8.00. The second kappa shape index (κ2) is 12.7. The van der Waals surface area contributed by atoms with Gasteiger partial charge in [-0.15, -0.1) is 0 Å². The van der Waals surface area contributed by atoms with Crippen LogP contribution in [-0.4, -0.2) is 4.57 Å². The van der Waals surface area contributed by atoms with Crippen molar-refractivity contribution in [2.45, 2.75) is 31.9 Å². The van der Waals surface area contributed by atoms with Crippen molar-refractivity contribution < 1.29 is 0 Å². The van der Waals surface area contributed by atoms with E-state index in [9.17, 15) is 0 Å². The summed E-state index contributed by atoms with van der Waals surface area (Å²) in [6.45, 7) is 0. The van der Waals surface area contributed by atoms with E-state index in [-0.39, 0.29) is 5.92 Å². The molecule has 1 nitrogen and oxygen atoms in total. The van der Waals surface area contributed by atoms with Crippen molar-refractivity contribution in [3.63, 3.8) is 0 Å². The summed E-state index contributed by atoms with van der Waals surface area (Å²) in [7, 11) is 0. The Balaban J connectivity index is 1.20. The van der Waals surface area contributed by atoms with Crippen LogP contribution in [0.25, 0.3) is 62.1 Å². The lowest BCUT2D eigenvalue weighted by molar-refractivity contribution is 0.904. The first-order valence-electron chi connectivity index (χ1n) is 17.5. The second-order valence-electron chi connectivity index (χ2n) is 13.2.